The number of aryl methyl sites for hydroxylation is 3. The van der Waals surface area contributed by atoms with E-state index in [0.29, 0.717) is 34.1 Å². The van der Waals surface area contributed by atoms with Crippen molar-refractivity contribution in [2.45, 2.75) is 51.9 Å². The van der Waals surface area contributed by atoms with Crippen LogP contribution in [0.3, 0.4) is 0 Å². The molecule has 4 rings (SSSR count). The Morgan fingerprint density at radius 2 is 1.32 bits per heavy atom. The largest absolute Gasteiger partial charge is 0.206 e. The van der Waals surface area contributed by atoms with Gasteiger partial charge in [-0.2, -0.15) is 5.26 Å². The second kappa shape index (κ2) is 11.6. The normalized spacial score (nSPS) is 11.2. The predicted molar refractivity (Wildman–Crippen MR) is 136 cm³/mol. The van der Waals surface area contributed by atoms with Gasteiger partial charge in [-0.25, -0.2) is 22.0 Å². The summed E-state index contributed by atoms with van der Waals surface area (Å²) >= 11 is 0. The minimum atomic E-state index is -0.951. The van der Waals surface area contributed by atoms with Gasteiger partial charge in [0, 0.05) is 5.39 Å². The second-order valence-corrected chi connectivity index (χ2v) is 9.27. The van der Waals surface area contributed by atoms with Crippen LogP contribution in [0.5, 0.6) is 0 Å². The van der Waals surface area contributed by atoms with Gasteiger partial charge in [0.05, 0.1) is 5.56 Å². The Labute approximate surface area is 213 Å². The molecule has 190 valence electrons. The molecule has 0 fully saturated rings. The highest BCUT2D eigenvalue weighted by Gasteiger charge is 2.16. The summed E-state index contributed by atoms with van der Waals surface area (Å²) in [5.41, 5.74) is 0.794. The highest BCUT2D eigenvalue weighted by atomic mass is 19.1. The van der Waals surface area contributed by atoms with Gasteiger partial charge >= 0.3 is 0 Å². The number of halogens is 5. The van der Waals surface area contributed by atoms with Crippen LogP contribution >= 0.6 is 0 Å². The molecule has 0 amide bonds. The van der Waals surface area contributed by atoms with E-state index in [1.165, 1.54) is 30.3 Å². The summed E-state index contributed by atoms with van der Waals surface area (Å²) in [5, 5.41) is 9.56. The van der Waals surface area contributed by atoms with Crippen LogP contribution in [-0.2, 0) is 19.3 Å². The molecule has 0 aliphatic rings. The van der Waals surface area contributed by atoms with Gasteiger partial charge in [-0.1, -0.05) is 50.5 Å². The van der Waals surface area contributed by atoms with Crippen molar-refractivity contribution in [3.63, 3.8) is 0 Å². The number of benzene rings is 4. The molecule has 6 heteroatoms. The molecule has 0 heterocycles. The third-order valence-electron chi connectivity index (χ3n) is 6.64. The zero-order chi connectivity index (χ0) is 26.5. The first-order valence-corrected chi connectivity index (χ1v) is 12.4. The Bertz CT molecular complexity index is 1440. The van der Waals surface area contributed by atoms with Gasteiger partial charge in [0.2, 0.25) is 0 Å². The van der Waals surface area contributed by atoms with Gasteiger partial charge in [-0.3, -0.25) is 0 Å². The highest BCUT2D eigenvalue weighted by molar-refractivity contribution is 5.88. The molecular formula is C31H26F5N. The third kappa shape index (κ3) is 5.83. The molecule has 0 N–H and O–H groups in total. The Morgan fingerprint density at radius 1 is 0.676 bits per heavy atom. The molecule has 37 heavy (non-hydrogen) atoms. The number of rotatable bonds is 9. The molecule has 0 radical (unpaired) electrons. The first-order chi connectivity index (χ1) is 17.8. The molecule has 0 saturated heterocycles. The molecule has 0 aliphatic carbocycles. The van der Waals surface area contributed by atoms with Gasteiger partial charge < -0.3 is 0 Å². The Balaban J connectivity index is 1.56. The van der Waals surface area contributed by atoms with E-state index in [1.54, 1.807) is 18.2 Å². The van der Waals surface area contributed by atoms with Gasteiger partial charge in [-0.05, 0) is 83.7 Å². The van der Waals surface area contributed by atoms with Crippen molar-refractivity contribution < 1.29 is 22.0 Å². The molecular weight excluding hydrogens is 481 g/mol. The summed E-state index contributed by atoms with van der Waals surface area (Å²) in [5.74, 6) is -3.70. The maximum absolute atomic E-state index is 15.2. The van der Waals surface area contributed by atoms with E-state index in [0.717, 1.165) is 37.8 Å². The zero-order valence-corrected chi connectivity index (χ0v) is 20.5. The molecule has 4 aromatic rings. The first-order valence-electron chi connectivity index (χ1n) is 12.4. The maximum Gasteiger partial charge on any atom is 0.144 e. The lowest BCUT2D eigenvalue weighted by Gasteiger charge is -2.12. The van der Waals surface area contributed by atoms with Gasteiger partial charge in [0.1, 0.15) is 40.7 Å². The number of hydrogen-bond acceptors (Lipinski definition) is 1. The molecule has 0 atom stereocenters. The van der Waals surface area contributed by atoms with Crippen LogP contribution in [0.15, 0.2) is 54.6 Å². The Hall–Kier alpha value is -3.72. The number of fused-ring (bicyclic) bond motifs is 1. The number of hydrogen-bond donors (Lipinski definition) is 0. The van der Waals surface area contributed by atoms with E-state index in [4.69, 9.17) is 5.26 Å². The number of nitrogens with zero attached hydrogens (tertiary/aromatic N) is 1. The third-order valence-corrected chi connectivity index (χ3v) is 6.64. The fourth-order valence-electron chi connectivity index (χ4n) is 4.64. The van der Waals surface area contributed by atoms with Crippen molar-refractivity contribution in [2.75, 3.05) is 0 Å². The molecule has 4 aromatic carbocycles. The van der Waals surface area contributed by atoms with E-state index < -0.39 is 34.6 Å². The summed E-state index contributed by atoms with van der Waals surface area (Å²) in [6.07, 6.45) is 5.02. The van der Waals surface area contributed by atoms with Crippen LogP contribution < -0.4 is 0 Å². The predicted octanol–water partition coefficient (Wildman–Crippen LogP) is 8.98. The van der Waals surface area contributed by atoms with E-state index in [1.807, 2.05) is 0 Å². The number of unbranched alkanes of at least 4 members (excludes halogenated alkanes) is 3. The summed E-state index contributed by atoms with van der Waals surface area (Å²) in [6.45, 7) is 2.10. The van der Waals surface area contributed by atoms with Crippen molar-refractivity contribution in [3.05, 3.63) is 106 Å². The quantitative estimate of drug-likeness (QED) is 0.164. The lowest BCUT2D eigenvalue weighted by atomic mass is 9.95. The average molecular weight is 508 g/mol. The van der Waals surface area contributed by atoms with E-state index in [-0.39, 0.29) is 23.8 Å². The van der Waals surface area contributed by atoms with Crippen molar-refractivity contribution >= 4 is 10.8 Å². The van der Waals surface area contributed by atoms with Gasteiger partial charge in [0.25, 0.3) is 0 Å². The second-order valence-electron chi connectivity index (χ2n) is 9.27. The van der Waals surface area contributed by atoms with Crippen molar-refractivity contribution in [2.24, 2.45) is 0 Å². The van der Waals surface area contributed by atoms with Crippen LogP contribution in [0.1, 0.15) is 54.9 Å². The molecule has 0 unspecified atom stereocenters. The minimum absolute atomic E-state index is 0.145. The molecule has 0 aromatic heterocycles. The van der Waals surface area contributed by atoms with Crippen molar-refractivity contribution in [3.8, 4) is 17.2 Å². The van der Waals surface area contributed by atoms with Gasteiger partial charge in [0.15, 0.2) is 0 Å². The minimum Gasteiger partial charge on any atom is -0.206 e. The molecule has 0 saturated carbocycles. The first kappa shape index (κ1) is 26.3. The monoisotopic (exact) mass is 507 g/mol. The SMILES string of the molecule is CCCCCCc1cc(F)c(-c2ccc3c(F)c(CCc4cc(F)c(C#N)c(F)c4)ccc3c2)c(F)c1. The topological polar surface area (TPSA) is 23.8 Å². The molecule has 0 spiro atoms. The molecule has 0 bridgehead atoms. The fraction of sp³-hybridized carbons (Fsp3) is 0.258. The van der Waals surface area contributed by atoms with Gasteiger partial charge in [-0.15, -0.1) is 0 Å². The average Bonchev–Trinajstić information content (AvgIpc) is 2.86. The van der Waals surface area contributed by atoms with E-state index in [9.17, 15) is 17.6 Å². The smallest absolute Gasteiger partial charge is 0.144 e. The van der Waals surface area contributed by atoms with Crippen LogP contribution in [0.2, 0.25) is 0 Å². The van der Waals surface area contributed by atoms with E-state index >= 15 is 4.39 Å². The summed E-state index contributed by atoms with van der Waals surface area (Å²) in [7, 11) is 0. The maximum atomic E-state index is 15.2. The van der Waals surface area contributed by atoms with Crippen LogP contribution in [0.25, 0.3) is 21.9 Å². The lowest BCUT2D eigenvalue weighted by Crippen LogP contribution is -1.99. The van der Waals surface area contributed by atoms with Crippen molar-refractivity contribution in [1.82, 2.24) is 0 Å². The fourth-order valence-corrected chi connectivity index (χ4v) is 4.64. The summed E-state index contributed by atoms with van der Waals surface area (Å²) in [6, 6.07) is 14.1. The Morgan fingerprint density at radius 3 is 1.97 bits per heavy atom. The summed E-state index contributed by atoms with van der Waals surface area (Å²) < 4.78 is 72.8. The molecule has 1 nitrogen and oxygen atoms in total. The van der Waals surface area contributed by atoms with Crippen LogP contribution in [0.4, 0.5) is 22.0 Å². The highest BCUT2D eigenvalue weighted by Crippen LogP contribution is 2.32. The Kier molecular flexibility index (Phi) is 8.23. The standard InChI is InChI=1S/C31H26F5N/c1-2-3-4-5-6-19-15-28(34)30(29(35)16-19)23-11-12-24-22(17-23)10-9-21(31(24)36)8-7-20-13-26(32)25(18-37)27(33)14-20/h9-17H,2-8H2,1H3. The lowest BCUT2D eigenvalue weighted by molar-refractivity contribution is 0.572. The van der Waals surface area contributed by atoms with E-state index in [2.05, 4.69) is 6.92 Å². The zero-order valence-electron chi connectivity index (χ0n) is 20.5. The molecule has 0 aliphatic heterocycles. The van der Waals surface area contributed by atoms with Crippen molar-refractivity contribution in [1.29, 1.82) is 5.26 Å². The van der Waals surface area contributed by atoms with Crippen LogP contribution in [-0.4, -0.2) is 0 Å². The summed E-state index contributed by atoms with van der Waals surface area (Å²) in [4.78, 5) is 0. The number of nitriles is 1. The van der Waals surface area contributed by atoms with Crippen LogP contribution in [0, 0.1) is 40.4 Å².